The van der Waals surface area contributed by atoms with Crippen molar-refractivity contribution in [1.82, 2.24) is 10.6 Å². The molecular weight excluding hydrogens is 278 g/mol. The zero-order chi connectivity index (χ0) is 15.3. The molecule has 0 radical (unpaired) electrons. The highest BCUT2D eigenvalue weighted by Gasteiger charge is 2.24. The lowest BCUT2D eigenvalue weighted by Gasteiger charge is -2.13. The van der Waals surface area contributed by atoms with Gasteiger partial charge in [0.25, 0.3) is 0 Å². The number of rotatable bonds is 4. The van der Waals surface area contributed by atoms with Gasteiger partial charge in [0.1, 0.15) is 5.25 Å². The zero-order valence-corrected chi connectivity index (χ0v) is 12.5. The summed E-state index contributed by atoms with van der Waals surface area (Å²) < 4.78 is 12.3. The van der Waals surface area contributed by atoms with Crippen LogP contribution < -0.4 is 16.4 Å². The van der Waals surface area contributed by atoms with Crippen LogP contribution in [0.3, 0.4) is 0 Å². The molecule has 0 aliphatic rings. The normalized spacial score (nSPS) is 13.3. The Bertz CT molecular complexity index is 546. The molecule has 0 spiro atoms. The number of hydrogen-bond acceptors (Lipinski definition) is 4. The summed E-state index contributed by atoms with van der Waals surface area (Å²) in [7, 11) is -1.62. The van der Waals surface area contributed by atoms with Crippen molar-refractivity contribution >= 4 is 28.4 Å². The van der Waals surface area contributed by atoms with E-state index in [4.69, 9.17) is 5.73 Å². The van der Waals surface area contributed by atoms with Crippen LogP contribution in [0.5, 0.6) is 0 Å². The number of carbonyl (C=O) groups excluding carboxylic acids is 2. The summed E-state index contributed by atoms with van der Waals surface area (Å²) >= 11 is 0. The predicted octanol–water partition coefficient (Wildman–Crippen LogP) is 0.919. The van der Waals surface area contributed by atoms with Gasteiger partial charge in [-0.25, -0.2) is 4.79 Å². The number of nitrogen functional groups attached to an aromatic ring is 1. The molecule has 3 amide bonds. The van der Waals surface area contributed by atoms with Crippen molar-refractivity contribution in [3.05, 3.63) is 23.8 Å². The number of nitrogens with one attached hydrogen (secondary N) is 2. The highest BCUT2D eigenvalue weighted by atomic mass is 32.2. The summed E-state index contributed by atoms with van der Waals surface area (Å²) in [6, 6.07) is 4.53. The molecule has 2 unspecified atom stereocenters. The average molecular weight is 297 g/mol. The number of nitrogens with two attached hydrogens (primary N) is 1. The molecule has 1 aromatic carbocycles. The molecule has 6 nitrogen and oxygen atoms in total. The lowest BCUT2D eigenvalue weighted by atomic mass is 10.2. The van der Waals surface area contributed by atoms with Crippen molar-refractivity contribution in [2.75, 3.05) is 12.3 Å². The van der Waals surface area contributed by atoms with Gasteiger partial charge in [0.05, 0.1) is 15.7 Å². The maximum atomic E-state index is 12.3. The van der Waals surface area contributed by atoms with Gasteiger partial charge in [0.2, 0.25) is 5.91 Å². The lowest BCUT2D eigenvalue weighted by Crippen LogP contribution is -2.44. The van der Waals surface area contributed by atoms with E-state index in [0.717, 1.165) is 5.56 Å². The third-order valence-corrected chi connectivity index (χ3v) is 4.29. The number of benzene rings is 1. The van der Waals surface area contributed by atoms with E-state index in [1.165, 1.54) is 6.92 Å². The largest absolute Gasteiger partial charge is 0.398 e. The maximum absolute atomic E-state index is 12.3. The summed E-state index contributed by atoms with van der Waals surface area (Å²) in [4.78, 5) is 23.5. The molecule has 1 aromatic rings. The predicted molar refractivity (Wildman–Crippen MR) is 78.7 cm³/mol. The first-order chi connectivity index (χ1) is 9.36. The third-order valence-electron chi connectivity index (χ3n) is 2.65. The number of amides is 3. The van der Waals surface area contributed by atoms with E-state index in [1.54, 1.807) is 25.1 Å². The van der Waals surface area contributed by atoms with E-state index in [2.05, 4.69) is 10.6 Å². The number of hydrogen-bond donors (Lipinski definition) is 3. The molecule has 0 heterocycles. The van der Waals surface area contributed by atoms with Gasteiger partial charge in [-0.05, 0) is 38.5 Å². The zero-order valence-electron chi connectivity index (χ0n) is 11.7. The van der Waals surface area contributed by atoms with Crippen LogP contribution in [0.2, 0.25) is 0 Å². The Morgan fingerprint density at radius 2 is 2.05 bits per heavy atom. The van der Waals surface area contributed by atoms with Crippen LogP contribution in [0.4, 0.5) is 10.5 Å². The van der Waals surface area contributed by atoms with Crippen molar-refractivity contribution < 1.29 is 13.8 Å². The van der Waals surface area contributed by atoms with Crippen molar-refractivity contribution in [3.63, 3.8) is 0 Å². The van der Waals surface area contributed by atoms with Crippen molar-refractivity contribution in [2.45, 2.75) is 30.9 Å². The van der Waals surface area contributed by atoms with Gasteiger partial charge >= 0.3 is 6.03 Å². The Kier molecular flexibility index (Phi) is 5.69. The van der Waals surface area contributed by atoms with Gasteiger partial charge in [-0.1, -0.05) is 6.07 Å². The van der Waals surface area contributed by atoms with Gasteiger partial charge in [-0.15, -0.1) is 0 Å². The van der Waals surface area contributed by atoms with E-state index < -0.39 is 28.0 Å². The van der Waals surface area contributed by atoms with Crippen LogP contribution in [0.1, 0.15) is 19.4 Å². The fraction of sp³-hybridized carbons (Fsp3) is 0.385. The van der Waals surface area contributed by atoms with Crippen LogP contribution in [-0.2, 0) is 15.6 Å². The summed E-state index contributed by atoms with van der Waals surface area (Å²) in [6.07, 6.45) is 0. The quantitative estimate of drug-likeness (QED) is 0.719. The van der Waals surface area contributed by atoms with Crippen LogP contribution in [0, 0.1) is 6.92 Å². The second kappa shape index (κ2) is 7.04. The topological polar surface area (TPSA) is 101 Å². The fourth-order valence-electron chi connectivity index (χ4n) is 1.52. The molecule has 20 heavy (non-hydrogen) atoms. The molecule has 0 aromatic heterocycles. The van der Waals surface area contributed by atoms with Crippen LogP contribution in [0.25, 0.3) is 0 Å². The first-order valence-electron chi connectivity index (χ1n) is 6.22. The maximum Gasteiger partial charge on any atom is 0.321 e. The minimum Gasteiger partial charge on any atom is -0.398 e. The Hall–Kier alpha value is -1.89. The van der Waals surface area contributed by atoms with Gasteiger partial charge in [0.15, 0.2) is 0 Å². The third kappa shape index (κ3) is 4.06. The summed E-state index contributed by atoms with van der Waals surface area (Å²) in [6.45, 7) is 5.48. The van der Waals surface area contributed by atoms with E-state index in [0.29, 0.717) is 17.1 Å². The molecule has 4 N–H and O–H groups in total. The lowest BCUT2D eigenvalue weighted by molar-refractivity contribution is -0.119. The Labute approximate surface area is 120 Å². The number of urea groups is 1. The smallest absolute Gasteiger partial charge is 0.321 e. The minimum atomic E-state index is -1.62. The molecule has 2 atom stereocenters. The standard InChI is InChI=1S/C13H19N3O3S/c1-4-15-13(18)16-12(17)9(3)20(19)11-7-8(2)5-6-10(11)14/h5-7,9H,4,14H2,1-3H3,(H2,15,16,17,18). The van der Waals surface area contributed by atoms with Crippen molar-refractivity contribution in [1.29, 1.82) is 0 Å². The van der Waals surface area contributed by atoms with Crippen LogP contribution in [-0.4, -0.2) is 27.9 Å². The molecule has 0 fully saturated rings. The van der Waals surface area contributed by atoms with Gasteiger partial charge in [-0.3, -0.25) is 14.3 Å². The molecule has 110 valence electrons. The molecule has 7 heteroatoms. The van der Waals surface area contributed by atoms with E-state index >= 15 is 0 Å². The molecule has 0 saturated carbocycles. The highest BCUT2D eigenvalue weighted by Crippen LogP contribution is 2.20. The monoisotopic (exact) mass is 297 g/mol. The van der Waals surface area contributed by atoms with Gasteiger partial charge < -0.3 is 11.1 Å². The molecule has 0 aliphatic carbocycles. The summed E-state index contributed by atoms with van der Waals surface area (Å²) in [5.74, 6) is -0.602. The first kappa shape index (κ1) is 16.2. The van der Waals surface area contributed by atoms with E-state index in [1.807, 2.05) is 6.92 Å². The van der Waals surface area contributed by atoms with Crippen LogP contribution in [0.15, 0.2) is 23.1 Å². The van der Waals surface area contributed by atoms with Gasteiger partial charge in [0, 0.05) is 12.2 Å². The molecule has 0 saturated heterocycles. The SMILES string of the molecule is CCNC(=O)NC(=O)C(C)S(=O)c1cc(C)ccc1N. The summed E-state index contributed by atoms with van der Waals surface area (Å²) in [5, 5.41) is 3.71. The molecule has 1 rings (SSSR count). The van der Waals surface area contributed by atoms with Crippen LogP contribution >= 0.6 is 0 Å². The van der Waals surface area contributed by atoms with Gasteiger partial charge in [-0.2, -0.15) is 0 Å². The Morgan fingerprint density at radius 1 is 1.40 bits per heavy atom. The molecule has 0 aliphatic heterocycles. The van der Waals surface area contributed by atoms with E-state index in [-0.39, 0.29) is 0 Å². The van der Waals surface area contributed by atoms with Crippen molar-refractivity contribution in [3.8, 4) is 0 Å². The number of carbonyl (C=O) groups is 2. The highest BCUT2D eigenvalue weighted by molar-refractivity contribution is 7.86. The first-order valence-corrected chi connectivity index (χ1v) is 7.43. The number of imide groups is 1. The average Bonchev–Trinajstić information content (AvgIpc) is 2.40. The Morgan fingerprint density at radius 3 is 2.65 bits per heavy atom. The summed E-state index contributed by atoms with van der Waals surface area (Å²) in [5.41, 5.74) is 7.04. The minimum absolute atomic E-state index is 0.367. The Balaban J connectivity index is 2.83. The molecule has 0 bridgehead atoms. The van der Waals surface area contributed by atoms with Crippen molar-refractivity contribution in [2.24, 2.45) is 0 Å². The van der Waals surface area contributed by atoms with E-state index in [9.17, 15) is 13.8 Å². The number of aryl methyl sites for hydroxylation is 1. The second-order valence-electron chi connectivity index (χ2n) is 4.33. The number of anilines is 1. The second-order valence-corrected chi connectivity index (χ2v) is 6.07. The molecular formula is C13H19N3O3S. The fourth-order valence-corrected chi connectivity index (χ4v) is 2.76.